The van der Waals surface area contributed by atoms with Crippen molar-refractivity contribution in [3.63, 3.8) is 0 Å². The van der Waals surface area contributed by atoms with Gasteiger partial charge in [0.1, 0.15) is 0 Å². The van der Waals surface area contributed by atoms with Crippen molar-refractivity contribution < 1.29 is 9.90 Å². The molecule has 0 fully saturated rings. The van der Waals surface area contributed by atoms with Gasteiger partial charge in [0, 0.05) is 5.56 Å². The van der Waals surface area contributed by atoms with E-state index < -0.39 is 5.97 Å². The molecule has 0 aliphatic carbocycles. The Labute approximate surface area is 160 Å². The van der Waals surface area contributed by atoms with Crippen LogP contribution >= 0.6 is 0 Å². The number of aromatic carboxylic acids is 1. The second-order valence-corrected chi connectivity index (χ2v) is 7.92. The molecule has 3 aromatic rings. The molecule has 1 aromatic heterocycles. The van der Waals surface area contributed by atoms with Crippen LogP contribution in [0.5, 0.6) is 0 Å². The van der Waals surface area contributed by atoms with Crippen LogP contribution < -0.4 is 0 Å². The number of nitrogens with one attached hydrogen (secondary N) is 1. The SMILES string of the molecule is CCCc1ccc(-c2cc(-c3ccc(C(=O)O)cc3)[nH]n2)cc1C(C)(C)C. The second kappa shape index (κ2) is 7.39. The summed E-state index contributed by atoms with van der Waals surface area (Å²) in [5.41, 5.74) is 6.87. The van der Waals surface area contributed by atoms with Gasteiger partial charge in [0.05, 0.1) is 17.0 Å². The molecule has 2 N–H and O–H groups in total. The molecule has 0 aliphatic rings. The molecule has 0 radical (unpaired) electrons. The molecule has 0 spiro atoms. The van der Waals surface area contributed by atoms with Gasteiger partial charge in [-0.05, 0) is 52.8 Å². The van der Waals surface area contributed by atoms with Crippen LogP contribution in [0.4, 0.5) is 0 Å². The average molecular weight is 362 g/mol. The van der Waals surface area contributed by atoms with E-state index in [4.69, 9.17) is 5.11 Å². The number of hydrogen-bond donors (Lipinski definition) is 2. The van der Waals surface area contributed by atoms with E-state index in [-0.39, 0.29) is 11.0 Å². The van der Waals surface area contributed by atoms with Crippen LogP contribution in [0.3, 0.4) is 0 Å². The Morgan fingerprint density at radius 3 is 2.30 bits per heavy atom. The number of aromatic nitrogens is 2. The van der Waals surface area contributed by atoms with E-state index in [0.29, 0.717) is 0 Å². The standard InChI is InChI=1S/C23H26N2O2/c1-5-6-15-7-12-18(13-19(15)23(2,3)4)21-14-20(24-25-21)16-8-10-17(11-9-16)22(26)27/h7-14H,5-6H2,1-4H3,(H,24,25)(H,26,27). The molecule has 27 heavy (non-hydrogen) atoms. The third-order valence-corrected chi connectivity index (χ3v) is 4.75. The third-order valence-electron chi connectivity index (χ3n) is 4.75. The van der Waals surface area contributed by atoms with Crippen molar-refractivity contribution >= 4 is 5.97 Å². The Kier molecular flexibility index (Phi) is 5.17. The fourth-order valence-electron chi connectivity index (χ4n) is 3.33. The van der Waals surface area contributed by atoms with Gasteiger partial charge in [0.2, 0.25) is 0 Å². The number of aromatic amines is 1. The van der Waals surface area contributed by atoms with E-state index in [0.717, 1.165) is 35.4 Å². The maximum Gasteiger partial charge on any atom is 0.335 e. The summed E-state index contributed by atoms with van der Waals surface area (Å²) >= 11 is 0. The molecule has 1 heterocycles. The van der Waals surface area contributed by atoms with Gasteiger partial charge in [-0.1, -0.05) is 58.4 Å². The minimum Gasteiger partial charge on any atom is -0.478 e. The molecule has 140 valence electrons. The Hall–Kier alpha value is -2.88. The first-order chi connectivity index (χ1) is 12.8. The lowest BCUT2D eigenvalue weighted by atomic mass is 9.81. The molecule has 0 atom stereocenters. The Morgan fingerprint density at radius 1 is 1.04 bits per heavy atom. The summed E-state index contributed by atoms with van der Waals surface area (Å²) < 4.78 is 0. The van der Waals surface area contributed by atoms with Crippen molar-refractivity contribution in [3.8, 4) is 22.5 Å². The summed E-state index contributed by atoms with van der Waals surface area (Å²) in [6.07, 6.45) is 2.20. The maximum absolute atomic E-state index is 11.0. The molecular weight excluding hydrogens is 336 g/mol. The normalized spacial score (nSPS) is 11.6. The van der Waals surface area contributed by atoms with Gasteiger partial charge >= 0.3 is 5.97 Å². The number of carbonyl (C=O) groups is 1. The zero-order chi connectivity index (χ0) is 19.6. The molecule has 4 nitrogen and oxygen atoms in total. The van der Waals surface area contributed by atoms with Crippen LogP contribution in [0, 0.1) is 0 Å². The van der Waals surface area contributed by atoms with E-state index in [9.17, 15) is 4.79 Å². The number of hydrogen-bond acceptors (Lipinski definition) is 2. The van der Waals surface area contributed by atoms with Crippen LogP contribution in [-0.4, -0.2) is 21.3 Å². The Morgan fingerprint density at radius 2 is 1.70 bits per heavy atom. The molecule has 0 bridgehead atoms. The number of aryl methyl sites for hydroxylation is 1. The van der Waals surface area contributed by atoms with Gasteiger partial charge in [0.15, 0.2) is 0 Å². The molecule has 0 aliphatic heterocycles. The van der Waals surface area contributed by atoms with Crippen molar-refractivity contribution in [2.24, 2.45) is 0 Å². The molecular formula is C23H26N2O2. The number of benzene rings is 2. The van der Waals surface area contributed by atoms with E-state index in [1.807, 2.05) is 6.07 Å². The molecule has 3 rings (SSSR count). The van der Waals surface area contributed by atoms with E-state index >= 15 is 0 Å². The fourth-order valence-corrected chi connectivity index (χ4v) is 3.33. The van der Waals surface area contributed by atoms with E-state index in [1.165, 1.54) is 11.1 Å². The van der Waals surface area contributed by atoms with Crippen molar-refractivity contribution in [1.29, 1.82) is 0 Å². The van der Waals surface area contributed by atoms with Gasteiger partial charge in [-0.2, -0.15) is 5.10 Å². The quantitative estimate of drug-likeness (QED) is 0.612. The van der Waals surface area contributed by atoms with Crippen LogP contribution in [0.25, 0.3) is 22.5 Å². The predicted octanol–water partition coefficient (Wildman–Crippen LogP) is 5.69. The minimum absolute atomic E-state index is 0.0757. The first-order valence-electron chi connectivity index (χ1n) is 9.32. The van der Waals surface area contributed by atoms with Crippen LogP contribution in [-0.2, 0) is 11.8 Å². The summed E-state index contributed by atoms with van der Waals surface area (Å²) in [5, 5.41) is 16.6. The van der Waals surface area contributed by atoms with Gasteiger partial charge in [-0.25, -0.2) is 4.79 Å². The molecule has 0 saturated carbocycles. The number of carboxylic acids is 1. The van der Waals surface area contributed by atoms with Crippen molar-refractivity contribution in [1.82, 2.24) is 10.2 Å². The lowest BCUT2D eigenvalue weighted by Gasteiger charge is -2.23. The van der Waals surface area contributed by atoms with Crippen molar-refractivity contribution in [2.45, 2.75) is 46.0 Å². The summed E-state index contributed by atoms with van der Waals surface area (Å²) in [6.45, 7) is 8.93. The van der Waals surface area contributed by atoms with Gasteiger partial charge < -0.3 is 5.11 Å². The third kappa shape index (κ3) is 4.11. The predicted molar refractivity (Wildman–Crippen MR) is 109 cm³/mol. The fraction of sp³-hybridized carbons (Fsp3) is 0.304. The monoisotopic (exact) mass is 362 g/mol. The number of H-pyrrole nitrogens is 1. The van der Waals surface area contributed by atoms with Crippen LogP contribution in [0.1, 0.15) is 55.6 Å². The summed E-state index contributed by atoms with van der Waals surface area (Å²) in [4.78, 5) is 11.0. The lowest BCUT2D eigenvalue weighted by molar-refractivity contribution is 0.0697. The first-order valence-corrected chi connectivity index (χ1v) is 9.32. The number of rotatable bonds is 5. The highest BCUT2D eigenvalue weighted by molar-refractivity contribution is 5.88. The summed E-state index contributed by atoms with van der Waals surface area (Å²) in [7, 11) is 0. The van der Waals surface area contributed by atoms with Gasteiger partial charge in [0.25, 0.3) is 0 Å². The van der Waals surface area contributed by atoms with Crippen LogP contribution in [0.15, 0.2) is 48.5 Å². The highest BCUT2D eigenvalue weighted by atomic mass is 16.4. The lowest BCUT2D eigenvalue weighted by Crippen LogP contribution is -2.14. The topological polar surface area (TPSA) is 66.0 Å². The summed E-state index contributed by atoms with van der Waals surface area (Å²) in [5.74, 6) is -0.922. The van der Waals surface area contributed by atoms with Crippen LogP contribution in [0.2, 0.25) is 0 Å². The minimum atomic E-state index is -0.922. The Balaban J connectivity index is 1.95. The van der Waals surface area contributed by atoms with E-state index in [1.54, 1.807) is 24.3 Å². The smallest absolute Gasteiger partial charge is 0.335 e. The molecule has 0 unspecified atom stereocenters. The average Bonchev–Trinajstić information content (AvgIpc) is 3.11. The Bertz CT molecular complexity index is 947. The van der Waals surface area contributed by atoms with Gasteiger partial charge in [-0.3, -0.25) is 5.10 Å². The number of nitrogens with zero attached hydrogens (tertiary/aromatic N) is 1. The maximum atomic E-state index is 11.0. The largest absolute Gasteiger partial charge is 0.478 e. The zero-order valence-electron chi connectivity index (χ0n) is 16.3. The highest BCUT2D eigenvalue weighted by Crippen LogP contribution is 2.32. The molecule has 0 saturated heterocycles. The number of carboxylic acid groups (broad SMARTS) is 1. The highest BCUT2D eigenvalue weighted by Gasteiger charge is 2.19. The molecule has 2 aromatic carbocycles. The van der Waals surface area contributed by atoms with Gasteiger partial charge in [-0.15, -0.1) is 0 Å². The first kappa shape index (κ1) is 18.9. The van der Waals surface area contributed by atoms with Crippen molar-refractivity contribution in [3.05, 3.63) is 65.2 Å². The molecule has 0 amide bonds. The second-order valence-electron chi connectivity index (χ2n) is 7.92. The summed E-state index contributed by atoms with van der Waals surface area (Å²) in [6, 6.07) is 15.4. The van der Waals surface area contributed by atoms with Crippen molar-refractivity contribution in [2.75, 3.05) is 0 Å². The van der Waals surface area contributed by atoms with E-state index in [2.05, 4.69) is 56.1 Å². The molecule has 4 heteroatoms. The zero-order valence-corrected chi connectivity index (χ0v) is 16.3.